The Labute approximate surface area is 137 Å². The quantitative estimate of drug-likeness (QED) is 0.474. The lowest BCUT2D eigenvalue weighted by Gasteiger charge is -2.18. The van der Waals surface area contributed by atoms with Crippen molar-refractivity contribution in [3.8, 4) is 0 Å². The first-order chi connectivity index (χ1) is 10.6. The summed E-state index contributed by atoms with van der Waals surface area (Å²) < 4.78 is 0. The number of imide groups is 1. The molecule has 0 aliphatic carbocycles. The summed E-state index contributed by atoms with van der Waals surface area (Å²) in [5, 5.41) is 16.6. The molecule has 126 valence electrons. The highest BCUT2D eigenvalue weighted by Gasteiger charge is 2.24. The molecule has 0 radical (unpaired) electrons. The molecule has 3 amide bonds. The topological polar surface area (TPSA) is 147 Å². The number of hydrogen-bond donors (Lipinski definition) is 4. The van der Waals surface area contributed by atoms with Gasteiger partial charge in [-0.05, 0) is 18.1 Å². The van der Waals surface area contributed by atoms with Crippen LogP contribution in [0, 0.1) is 5.92 Å². The van der Waals surface area contributed by atoms with E-state index in [1.54, 1.807) is 0 Å². The van der Waals surface area contributed by atoms with E-state index in [4.69, 9.17) is 25.5 Å². The largest absolute Gasteiger partial charge is 0.473 e. The number of carbonyl (C=O) groups excluding carboxylic acids is 2. The molecule has 0 heterocycles. The zero-order valence-corrected chi connectivity index (χ0v) is 13.4. The summed E-state index contributed by atoms with van der Waals surface area (Å²) in [5.74, 6) is -3.88. The van der Waals surface area contributed by atoms with E-state index in [0.717, 1.165) is 4.90 Å². The standard InChI is InChI=1S/C12H16N2O2S.C2H2O4/c1-8(2)10(11(15)14-12(13)16)17-9-6-4-3-5-7-9;3-1(4)2(5)6/h3-8,10H,1-2H3,(H3,13,14,15,16);(H,3,4)(H,5,6). The number of primary amides is 1. The molecule has 1 unspecified atom stereocenters. The first-order valence-electron chi connectivity index (χ1n) is 6.43. The van der Waals surface area contributed by atoms with Crippen LogP contribution in [0.25, 0.3) is 0 Å². The fraction of sp³-hybridized carbons (Fsp3) is 0.286. The number of carboxylic acid groups (broad SMARTS) is 2. The van der Waals surface area contributed by atoms with Gasteiger partial charge in [-0.25, -0.2) is 14.4 Å². The van der Waals surface area contributed by atoms with E-state index in [1.807, 2.05) is 44.2 Å². The van der Waals surface area contributed by atoms with Gasteiger partial charge in [0.2, 0.25) is 5.91 Å². The van der Waals surface area contributed by atoms with Crippen molar-refractivity contribution in [3.05, 3.63) is 30.3 Å². The van der Waals surface area contributed by atoms with Crippen LogP contribution in [0.1, 0.15) is 13.8 Å². The normalized spacial score (nSPS) is 10.9. The van der Waals surface area contributed by atoms with Crippen LogP contribution in [0.3, 0.4) is 0 Å². The van der Waals surface area contributed by atoms with Gasteiger partial charge in [0.05, 0.1) is 5.25 Å². The Bertz CT molecular complexity index is 550. The van der Waals surface area contributed by atoms with Gasteiger partial charge in [0, 0.05) is 4.90 Å². The van der Waals surface area contributed by atoms with E-state index in [2.05, 4.69) is 5.32 Å². The van der Waals surface area contributed by atoms with Crippen molar-refractivity contribution in [3.63, 3.8) is 0 Å². The zero-order valence-electron chi connectivity index (χ0n) is 12.6. The van der Waals surface area contributed by atoms with Gasteiger partial charge in [-0.2, -0.15) is 0 Å². The van der Waals surface area contributed by atoms with E-state index in [0.29, 0.717) is 0 Å². The van der Waals surface area contributed by atoms with Crippen LogP contribution in [-0.2, 0) is 14.4 Å². The Balaban J connectivity index is 0.000000688. The van der Waals surface area contributed by atoms with Crippen LogP contribution in [0.15, 0.2) is 35.2 Å². The first-order valence-corrected chi connectivity index (χ1v) is 7.31. The fourth-order valence-corrected chi connectivity index (χ4v) is 2.38. The van der Waals surface area contributed by atoms with Crippen molar-refractivity contribution in [2.75, 3.05) is 0 Å². The lowest BCUT2D eigenvalue weighted by Crippen LogP contribution is -2.42. The molecule has 5 N–H and O–H groups in total. The van der Waals surface area contributed by atoms with Crippen molar-refractivity contribution in [1.29, 1.82) is 0 Å². The second-order valence-electron chi connectivity index (χ2n) is 4.56. The maximum Gasteiger partial charge on any atom is 0.414 e. The summed E-state index contributed by atoms with van der Waals surface area (Å²) in [6, 6.07) is 8.78. The molecule has 1 rings (SSSR count). The minimum Gasteiger partial charge on any atom is -0.473 e. The van der Waals surface area contributed by atoms with Crippen molar-refractivity contribution in [2.24, 2.45) is 11.7 Å². The smallest absolute Gasteiger partial charge is 0.414 e. The minimum absolute atomic E-state index is 0.111. The van der Waals surface area contributed by atoms with E-state index in [9.17, 15) is 9.59 Å². The van der Waals surface area contributed by atoms with Crippen LogP contribution in [-0.4, -0.2) is 39.3 Å². The van der Waals surface area contributed by atoms with Gasteiger partial charge < -0.3 is 15.9 Å². The molecule has 1 atom stereocenters. The number of nitrogens with two attached hydrogens (primary N) is 1. The molecule has 23 heavy (non-hydrogen) atoms. The summed E-state index contributed by atoms with van der Waals surface area (Å²) in [7, 11) is 0. The molecule has 9 heteroatoms. The van der Waals surface area contributed by atoms with Crippen molar-refractivity contribution in [1.82, 2.24) is 5.32 Å². The molecule has 1 aromatic rings. The Kier molecular flexibility index (Phi) is 9.09. The molecular formula is C14H18N2O6S. The van der Waals surface area contributed by atoms with Gasteiger partial charge in [0.25, 0.3) is 0 Å². The summed E-state index contributed by atoms with van der Waals surface area (Å²) in [5.41, 5.74) is 4.94. The average molecular weight is 342 g/mol. The molecule has 0 fully saturated rings. The van der Waals surface area contributed by atoms with Gasteiger partial charge in [0.15, 0.2) is 0 Å². The molecule has 0 spiro atoms. The second kappa shape index (κ2) is 10.2. The molecule has 0 aliphatic rings. The number of thioether (sulfide) groups is 1. The lowest BCUT2D eigenvalue weighted by atomic mass is 10.1. The van der Waals surface area contributed by atoms with Crippen LogP contribution in [0.5, 0.6) is 0 Å². The number of rotatable bonds is 4. The molecule has 0 bridgehead atoms. The van der Waals surface area contributed by atoms with Crippen LogP contribution in [0.2, 0.25) is 0 Å². The third kappa shape index (κ3) is 9.14. The van der Waals surface area contributed by atoms with Crippen molar-refractivity contribution < 1.29 is 29.4 Å². The number of urea groups is 1. The van der Waals surface area contributed by atoms with Gasteiger partial charge in [-0.15, -0.1) is 11.8 Å². The molecule has 1 aromatic carbocycles. The highest BCUT2D eigenvalue weighted by molar-refractivity contribution is 8.00. The number of carboxylic acids is 2. The number of carbonyl (C=O) groups is 4. The molecule has 0 aromatic heterocycles. The number of aliphatic carboxylic acids is 2. The summed E-state index contributed by atoms with van der Waals surface area (Å²) in [4.78, 5) is 41.6. The zero-order chi connectivity index (χ0) is 18.0. The predicted octanol–water partition coefficient (Wildman–Crippen LogP) is 1.15. The van der Waals surface area contributed by atoms with E-state index < -0.39 is 18.0 Å². The Morgan fingerprint density at radius 3 is 1.87 bits per heavy atom. The van der Waals surface area contributed by atoms with Crippen LogP contribution < -0.4 is 11.1 Å². The number of benzene rings is 1. The highest BCUT2D eigenvalue weighted by atomic mass is 32.2. The molecule has 8 nitrogen and oxygen atoms in total. The van der Waals surface area contributed by atoms with Crippen molar-refractivity contribution in [2.45, 2.75) is 24.0 Å². The van der Waals surface area contributed by atoms with E-state index >= 15 is 0 Å². The van der Waals surface area contributed by atoms with Gasteiger partial charge in [0.1, 0.15) is 0 Å². The third-order valence-corrected chi connectivity index (χ3v) is 3.86. The van der Waals surface area contributed by atoms with Gasteiger partial charge in [-0.1, -0.05) is 32.0 Å². The second-order valence-corrected chi connectivity index (χ2v) is 5.77. The SMILES string of the molecule is CC(C)C(Sc1ccccc1)C(=O)NC(N)=O.O=C(O)C(=O)O. The summed E-state index contributed by atoms with van der Waals surface area (Å²) in [6.07, 6.45) is 0. The number of hydrogen-bond acceptors (Lipinski definition) is 5. The summed E-state index contributed by atoms with van der Waals surface area (Å²) >= 11 is 1.43. The minimum atomic E-state index is -1.82. The molecule has 0 saturated carbocycles. The maximum atomic E-state index is 11.8. The Hall–Kier alpha value is -2.55. The molecular weight excluding hydrogens is 324 g/mol. The fourth-order valence-electron chi connectivity index (χ4n) is 1.33. The van der Waals surface area contributed by atoms with Gasteiger partial charge >= 0.3 is 18.0 Å². The Morgan fingerprint density at radius 2 is 1.52 bits per heavy atom. The third-order valence-electron chi connectivity index (χ3n) is 2.30. The van der Waals surface area contributed by atoms with Crippen LogP contribution >= 0.6 is 11.8 Å². The maximum absolute atomic E-state index is 11.8. The number of amides is 3. The van der Waals surface area contributed by atoms with E-state index in [-0.39, 0.29) is 17.1 Å². The molecule has 0 aliphatic heterocycles. The van der Waals surface area contributed by atoms with Crippen molar-refractivity contribution >= 4 is 35.6 Å². The predicted molar refractivity (Wildman–Crippen MR) is 83.9 cm³/mol. The summed E-state index contributed by atoms with van der Waals surface area (Å²) in [6.45, 7) is 3.86. The Morgan fingerprint density at radius 1 is 1.04 bits per heavy atom. The first kappa shape index (κ1) is 20.5. The van der Waals surface area contributed by atoms with E-state index in [1.165, 1.54) is 11.8 Å². The monoisotopic (exact) mass is 342 g/mol. The van der Waals surface area contributed by atoms with Gasteiger partial charge in [-0.3, -0.25) is 10.1 Å². The highest BCUT2D eigenvalue weighted by Crippen LogP contribution is 2.27. The van der Waals surface area contributed by atoms with Crippen LogP contribution in [0.4, 0.5) is 4.79 Å². The number of nitrogens with one attached hydrogen (secondary N) is 1. The lowest BCUT2D eigenvalue weighted by molar-refractivity contribution is -0.159. The average Bonchev–Trinajstić information content (AvgIpc) is 2.45. The molecule has 0 saturated heterocycles.